The van der Waals surface area contributed by atoms with Gasteiger partial charge >= 0.3 is 0 Å². The Morgan fingerprint density at radius 3 is 1.83 bits per heavy atom. The van der Waals surface area contributed by atoms with Crippen LogP contribution < -0.4 is 9.62 Å². The van der Waals surface area contributed by atoms with E-state index in [0.29, 0.717) is 26.6 Å². The van der Waals surface area contributed by atoms with Gasteiger partial charge in [-0.25, -0.2) is 29.6 Å². The van der Waals surface area contributed by atoms with Crippen LogP contribution in [-0.2, 0) is 33.7 Å². The van der Waals surface area contributed by atoms with E-state index in [-0.39, 0.29) is 33.3 Å². The fraction of sp³-hybridized carbons (Fsp3) is 0.108. The van der Waals surface area contributed by atoms with E-state index in [9.17, 15) is 30.0 Å². The van der Waals surface area contributed by atoms with Gasteiger partial charge in [0.05, 0.1) is 20.4 Å². The molecule has 0 bridgehead atoms. The van der Waals surface area contributed by atoms with E-state index in [1.165, 1.54) is 53.4 Å². The van der Waals surface area contributed by atoms with Crippen molar-refractivity contribution in [3.63, 3.8) is 0 Å². The van der Waals surface area contributed by atoms with Crippen LogP contribution in [0, 0.1) is 5.82 Å². The minimum atomic E-state index is -4.04. The molecule has 0 spiro atoms. The summed E-state index contributed by atoms with van der Waals surface area (Å²) in [4.78, 5) is 14.4. The lowest BCUT2D eigenvalue weighted by molar-refractivity contribution is -0.118. The second-order valence-electron chi connectivity index (χ2n) is 12.1. The zero-order chi connectivity index (χ0) is 38.3. The highest BCUT2D eigenvalue weighted by Crippen LogP contribution is 2.33. The number of hydrogen-bond acceptors (Lipinski definition) is 7. The first kappa shape index (κ1) is 38.6. The van der Waals surface area contributed by atoms with Crippen LogP contribution in [0.1, 0.15) is 6.42 Å². The molecule has 1 N–H and O–H groups in total. The number of nitrogens with zero attached hydrogens (tertiary/aromatic N) is 1. The first-order valence-electron chi connectivity index (χ1n) is 15.7. The Morgan fingerprint density at radius 1 is 0.698 bits per heavy atom. The molecule has 9 nitrogen and oxygen atoms in total. The maximum Gasteiger partial charge on any atom is 0.261 e. The molecule has 1 saturated heterocycles. The van der Waals surface area contributed by atoms with E-state index in [0.717, 1.165) is 22.4 Å². The SMILES string of the molecule is CS(=O)(=O)c1ccccc1-c1ccc(N2CC[C@H](NS(=O)(=O)c3ccc4cc(Cl)ccc4c3)C2=O)c(F)c1.O=S(=O)(Cl)c1ccc2cc(Cl)ccc2c1. The summed E-state index contributed by atoms with van der Waals surface area (Å²) in [7, 11) is -6.01. The average molecular weight is 834 g/mol. The van der Waals surface area contributed by atoms with Crippen molar-refractivity contribution in [2.24, 2.45) is 0 Å². The van der Waals surface area contributed by atoms with Gasteiger partial charge in [0.2, 0.25) is 15.9 Å². The standard InChI is InChI=1S/C27H22ClFN2O5S2.C10H6Cl2O2S/c1-37(33,34)26-5-3-2-4-22(26)19-8-11-25(23(29)16-19)31-13-12-24(27(31)32)30-38(35,36)21-10-7-17-14-20(28)9-6-18(17)15-21;11-9-3-1-8-6-10(15(12,13)14)4-2-7(8)5-9/h2-11,14-16,24,30H,12-13H2,1H3;1-6H/t24-;/m0./s1. The molecule has 16 heteroatoms. The molecule has 0 aliphatic carbocycles. The first-order valence-corrected chi connectivity index (χ1v) is 22.1. The summed E-state index contributed by atoms with van der Waals surface area (Å²) in [5.74, 6) is -1.31. The number of carbonyl (C=O) groups is 1. The van der Waals surface area contributed by atoms with E-state index in [2.05, 4.69) is 4.72 Å². The van der Waals surface area contributed by atoms with E-state index in [4.69, 9.17) is 33.9 Å². The molecule has 0 radical (unpaired) electrons. The third-order valence-electron chi connectivity index (χ3n) is 8.48. The Morgan fingerprint density at radius 2 is 1.25 bits per heavy atom. The van der Waals surface area contributed by atoms with Crippen LogP contribution in [0.4, 0.5) is 10.1 Å². The Hall–Kier alpha value is -4.08. The minimum Gasteiger partial charge on any atom is -0.308 e. The highest BCUT2D eigenvalue weighted by Gasteiger charge is 2.37. The summed E-state index contributed by atoms with van der Waals surface area (Å²) < 4.78 is 90.2. The predicted molar refractivity (Wildman–Crippen MR) is 207 cm³/mol. The molecule has 6 aromatic carbocycles. The zero-order valence-corrected chi connectivity index (χ0v) is 32.2. The third kappa shape index (κ3) is 8.68. The average Bonchev–Trinajstić information content (AvgIpc) is 3.45. The van der Waals surface area contributed by atoms with Gasteiger partial charge < -0.3 is 4.90 Å². The lowest BCUT2D eigenvalue weighted by Gasteiger charge is -2.19. The van der Waals surface area contributed by atoms with Crippen molar-refractivity contribution in [2.45, 2.75) is 27.1 Å². The molecule has 1 fully saturated rings. The fourth-order valence-electron chi connectivity index (χ4n) is 5.91. The van der Waals surface area contributed by atoms with Gasteiger partial charge in [0.25, 0.3) is 9.05 Å². The number of benzene rings is 6. The van der Waals surface area contributed by atoms with Gasteiger partial charge in [-0.15, -0.1) is 0 Å². The van der Waals surface area contributed by atoms with Gasteiger partial charge in [-0.3, -0.25) is 4.79 Å². The van der Waals surface area contributed by atoms with Gasteiger partial charge in [0, 0.05) is 39.1 Å². The van der Waals surface area contributed by atoms with Gasteiger partial charge in [0.15, 0.2) is 9.84 Å². The summed E-state index contributed by atoms with van der Waals surface area (Å²) >= 11 is 11.8. The minimum absolute atomic E-state index is 0.00125. The van der Waals surface area contributed by atoms with Gasteiger partial charge in [-0.05, 0) is 100 Å². The number of sulfonamides is 1. The highest BCUT2D eigenvalue weighted by molar-refractivity contribution is 8.13. The number of fused-ring (bicyclic) bond motifs is 2. The Labute approximate surface area is 320 Å². The van der Waals surface area contributed by atoms with E-state index < -0.39 is 46.7 Å². The van der Waals surface area contributed by atoms with Crippen molar-refractivity contribution in [2.75, 3.05) is 17.7 Å². The number of carbonyl (C=O) groups excluding carboxylic acids is 1. The molecule has 0 saturated carbocycles. The molecule has 274 valence electrons. The van der Waals surface area contributed by atoms with Crippen molar-refractivity contribution in [3.05, 3.63) is 131 Å². The Bertz CT molecular complexity index is 2770. The van der Waals surface area contributed by atoms with Crippen molar-refractivity contribution >= 4 is 95.9 Å². The van der Waals surface area contributed by atoms with E-state index >= 15 is 4.39 Å². The molecule has 0 unspecified atom stereocenters. The van der Waals surface area contributed by atoms with E-state index in [1.807, 2.05) is 0 Å². The van der Waals surface area contributed by atoms with Crippen LogP contribution in [0.3, 0.4) is 0 Å². The van der Waals surface area contributed by atoms with Crippen LogP contribution >= 0.6 is 33.9 Å². The van der Waals surface area contributed by atoms with Gasteiger partial charge in [-0.2, -0.15) is 4.72 Å². The summed E-state index contributed by atoms with van der Waals surface area (Å²) in [6.07, 6.45) is 1.23. The highest BCUT2D eigenvalue weighted by atomic mass is 35.7. The van der Waals surface area contributed by atoms with Gasteiger partial charge in [-0.1, -0.05) is 71.7 Å². The second kappa shape index (κ2) is 15.0. The van der Waals surface area contributed by atoms with Crippen LogP contribution in [0.2, 0.25) is 10.0 Å². The number of hydrogen-bond donors (Lipinski definition) is 1. The molecule has 0 aromatic heterocycles. The molecule has 53 heavy (non-hydrogen) atoms. The number of sulfone groups is 1. The van der Waals surface area contributed by atoms with Crippen LogP contribution in [-0.4, -0.2) is 50.0 Å². The topological polar surface area (TPSA) is 135 Å². The normalized spacial score (nSPS) is 15.1. The summed E-state index contributed by atoms with van der Waals surface area (Å²) in [5, 5.41) is 4.27. The lowest BCUT2D eigenvalue weighted by Crippen LogP contribution is -2.41. The maximum absolute atomic E-state index is 15.2. The monoisotopic (exact) mass is 832 g/mol. The largest absolute Gasteiger partial charge is 0.308 e. The fourth-order valence-corrected chi connectivity index (χ4v) is 9.23. The van der Waals surface area contributed by atoms with Crippen molar-refractivity contribution in [1.29, 1.82) is 0 Å². The Kier molecular flexibility index (Phi) is 10.9. The zero-order valence-electron chi connectivity index (χ0n) is 27.5. The predicted octanol–water partition coefficient (Wildman–Crippen LogP) is 8.21. The quantitative estimate of drug-likeness (QED) is 0.160. The third-order valence-corrected chi connectivity index (χ3v) is 12.9. The molecule has 1 aliphatic rings. The molecule has 1 heterocycles. The molecular formula is C37H28Cl3FN2O7S3. The number of rotatable bonds is 7. The number of amides is 1. The number of nitrogens with one attached hydrogen (secondary N) is 1. The molecule has 1 atom stereocenters. The summed E-state index contributed by atoms with van der Waals surface area (Å²) in [6.45, 7) is 0.110. The van der Waals surface area contributed by atoms with Crippen LogP contribution in [0.25, 0.3) is 32.7 Å². The Balaban J connectivity index is 0.000000267. The number of halogens is 4. The van der Waals surface area contributed by atoms with Crippen molar-refractivity contribution in [1.82, 2.24) is 4.72 Å². The molecule has 1 amide bonds. The molecule has 7 rings (SSSR count). The summed E-state index contributed by atoms with van der Waals surface area (Å²) in [6, 6.07) is 28.8. The van der Waals surface area contributed by atoms with Crippen LogP contribution in [0.15, 0.2) is 130 Å². The van der Waals surface area contributed by atoms with Crippen LogP contribution in [0.5, 0.6) is 0 Å². The van der Waals surface area contributed by atoms with Crippen molar-refractivity contribution in [3.8, 4) is 11.1 Å². The first-order chi connectivity index (χ1) is 24.9. The molecule has 6 aromatic rings. The molecular weight excluding hydrogens is 806 g/mol. The maximum atomic E-state index is 15.2. The van der Waals surface area contributed by atoms with E-state index in [1.54, 1.807) is 66.7 Å². The molecule has 1 aliphatic heterocycles. The number of anilines is 1. The second-order valence-corrected chi connectivity index (χ2v) is 19.3. The smallest absolute Gasteiger partial charge is 0.261 e. The lowest BCUT2D eigenvalue weighted by atomic mass is 10.0. The van der Waals surface area contributed by atoms with Gasteiger partial charge in [0.1, 0.15) is 11.9 Å². The van der Waals surface area contributed by atoms with Crippen molar-refractivity contribution < 1.29 is 34.4 Å². The summed E-state index contributed by atoms with van der Waals surface area (Å²) in [5.41, 5.74) is 0.671.